The number of H-pyrrole nitrogens is 1. The quantitative estimate of drug-likeness (QED) is 0.396. The molecule has 2 heterocycles. The Hall–Kier alpha value is -3.51. The Kier molecular flexibility index (Phi) is 4.99. The number of aromatic nitrogens is 3. The van der Waals surface area contributed by atoms with Crippen molar-refractivity contribution in [3.8, 4) is 0 Å². The summed E-state index contributed by atoms with van der Waals surface area (Å²) in [5.74, 6) is 0.812. The molecule has 30 heavy (non-hydrogen) atoms. The molecule has 3 aromatic carbocycles. The van der Waals surface area contributed by atoms with Gasteiger partial charge in [-0.15, -0.1) is 11.3 Å². The van der Waals surface area contributed by atoms with Crippen LogP contribution in [-0.2, 0) is 17.6 Å². The molecule has 0 unspecified atom stereocenters. The summed E-state index contributed by atoms with van der Waals surface area (Å²) in [6.45, 7) is 0. The van der Waals surface area contributed by atoms with E-state index in [2.05, 4.69) is 26.3 Å². The van der Waals surface area contributed by atoms with Crippen LogP contribution < -0.4 is 5.32 Å². The number of rotatable bonds is 6. The van der Waals surface area contributed by atoms with Gasteiger partial charge in [-0.05, 0) is 42.0 Å². The molecule has 6 heteroatoms. The lowest BCUT2D eigenvalue weighted by atomic mass is 10.1. The highest BCUT2D eigenvalue weighted by atomic mass is 32.1. The predicted octanol–water partition coefficient (Wildman–Crippen LogP) is 5.33. The first kappa shape index (κ1) is 18.5. The second-order valence-electron chi connectivity index (χ2n) is 7.20. The normalized spacial score (nSPS) is 11.2. The Morgan fingerprint density at radius 3 is 2.47 bits per heavy atom. The molecule has 5 rings (SSSR count). The Morgan fingerprint density at radius 2 is 1.67 bits per heavy atom. The molecule has 0 aliphatic heterocycles. The third kappa shape index (κ3) is 4.09. The summed E-state index contributed by atoms with van der Waals surface area (Å²) in [5.41, 5.74) is 4.95. The van der Waals surface area contributed by atoms with Crippen LogP contribution in [0.15, 0.2) is 72.8 Å². The number of aromatic amines is 1. The third-order valence-corrected chi connectivity index (χ3v) is 5.99. The summed E-state index contributed by atoms with van der Waals surface area (Å²) in [5, 5.41) is 4.06. The van der Waals surface area contributed by atoms with Crippen molar-refractivity contribution < 1.29 is 4.79 Å². The number of hydrogen-bond donors (Lipinski definition) is 2. The van der Waals surface area contributed by atoms with Gasteiger partial charge in [0.05, 0.1) is 26.3 Å². The van der Waals surface area contributed by atoms with E-state index in [4.69, 9.17) is 0 Å². The number of carbonyl (C=O) groups is 1. The molecule has 0 fully saturated rings. The van der Waals surface area contributed by atoms with Crippen LogP contribution in [0.1, 0.15) is 22.8 Å². The van der Waals surface area contributed by atoms with Crippen molar-refractivity contribution in [2.75, 3.05) is 5.32 Å². The summed E-state index contributed by atoms with van der Waals surface area (Å²) in [6, 6.07) is 24.0. The van der Waals surface area contributed by atoms with Crippen LogP contribution in [-0.4, -0.2) is 20.9 Å². The molecule has 0 saturated heterocycles. The molecule has 0 spiro atoms. The van der Waals surface area contributed by atoms with E-state index in [1.807, 2.05) is 66.7 Å². The number of hydrogen-bond acceptors (Lipinski definition) is 4. The van der Waals surface area contributed by atoms with Crippen LogP contribution in [0.3, 0.4) is 0 Å². The zero-order chi connectivity index (χ0) is 20.3. The standard InChI is InChI=1S/C24H20N4OS/c29-23(14-13-22-26-18-5-1-2-6-19(18)27-22)25-17-11-9-16(10-12-17)15-24-28-20-7-3-4-8-21(20)30-24/h1-12H,13-15H2,(H,25,29)(H,26,27). The molecule has 0 saturated carbocycles. The molecular formula is C24H20N4OS. The Bertz CT molecular complexity index is 1250. The Labute approximate surface area is 177 Å². The van der Waals surface area contributed by atoms with Crippen LogP contribution in [0.5, 0.6) is 0 Å². The maximum Gasteiger partial charge on any atom is 0.224 e. The third-order valence-electron chi connectivity index (χ3n) is 4.96. The molecule has 5 nitrogen and oxygen atoms in total. The van der Waals surface area contributed by atoms with E-state index in [-0.39, 0.29) is 5.91 Å². The number of thiazole rings is 1. The summed E-state index contributed by atoms with van der Waals surface area (Å²) in [6.07, 6.45) is 1.75. The first-order valence-corrected chi connectivity index (χ1v) is 10.7. The average molecular weight is 413 g/mol. The smallest absolute Gasteiger partial charge is 0.224 e. The topological polar surface area (TPSA) is 70.7 Å². The van der Waals surface area contributed by atoms with E-state index in [9.17, 15) is 4.79 Å². The monoisotopic (exact) mass is 412 g/mol. The van der Waals surface area contributed by atoms with Crippen LogP contribution in [0.25, 0.3) is 21.3 Å². The van der Waals surface area contributed by atoms with Crippen LogP contribution in [0.4, 0.5) is 5.69 Å². The van der Waals surface area contributed by atoms with Gasteiger partial charge in [-0.2, -0.15) is 0 Å². The van der Waals surface area contributed by atoms with Gasteiger partial charge in [0.1, 0.15) is 5.82 Å². The predicted molar refractivity (Wildman–Crippen MR) is 122 cm³/mol. The van der Waals surface area contributed by atoms with Gasteiger partial charge in [0.25, 0.3) is 0 Å². The number of imidazole rings is 1. The number of carbonyl (C=O) groups excluding carboxylic acids is 1. The van der Waals surface area contributed by atoms with E-state index < -0.39 is 0 Å². The molecule has 0 atom stereocenters. The van der Waals surface area contributed by atoms with Gasteiger partial charge in [-0.25, -0.2) is 9.97 Å². The van der Waals surface area contributed by atoms with Gasteiger partial charge < -0.3 is 10.3 Å². The first-order chi connectivity index (χ1) is 14.7. The number of aryl methyl sites for hydroxylation is 1. The second kappa shape index (κ2) is 8.08. The van der Waals surface area contributed by atoms with Crippen molar-refractivity contribution in [3.63, 3.8) is 0 Å². The van der Waals surface area contributed by atoms with Gasteiger partial charge in [0.2, 0.25) is 5.91 Å². The zero-order valence-electron chi connectivity index (χ0n) is 16.3. The summed E-state index contributed by atoms with van der Waals surface area (Å²) < 4.78 is 1.21. The fourth-order valence-electron chi connectivity index (χ4n) is 3.46. The number of amides is 1. The lowest BCUT2D eigenvalue weighted by molar-refractivity contribution is -0.116. The second-order valence-corrected chi connectivity index (χ2v) is 8.31. The average Bonchev–Trinajstić information content (AvgIpc) is 3.36. The van der Waals surface area contributed by atoms with Gasteiger partial charge in [0.15, 0.2) is 0 Å². The van der Waals surface area contributed by atoms with Gasteiger partial charge in [0, 0.05) is 24.9 Å². The van der Waals surface area contributed by atoms with E-state index in [1.54, 1.807) is 11.3 Å². The highest BCUT2D eigenvalue weighted by Crippen LogP contribution is 2.24. The van der Waals surface area contributed by atoms with Crippen molar-refractivity contribution in [1.82, 2.24) is 15.0 Å². The molecule has 0 bridgehead atoms. The first-order valence-electron chi connectivity index (χ1n) is 9.90. The largest absolute Gasteiger partial charge is 0.342 e. The zero-order valence-corrected chi connectivity index (χ0v) is 17.1. The van der Waals surface area contributed by atoms with Crippen molar-refractivity contribution in [2.45, 2.75) is 19.3 Å². The van der Waals surface area contributed by atoms with Gasteiger partial charge in [-0.3, -0.25) is 4.79 Å². The number of para-hydroxylation sites is 3. The number of benzene rings is 3. The summed E-state index contributed by atoms with van der Waals surface area (Å²) >= 11 is 1.72. The fraction of sp³-hybridized carbons (Fsp3) is 0.125. The maximum atomic E-state index is 12.3. The highest BCUT2D eigenvalue weighted by molar-refractivity contribution is 7.18. The Morgan fingerprint density at radius 1 is 0.900 bits per heavy atom. The molecule has 5 aromatic rings. The van der Waals surface area contributed by atoms with Crippen molar-refractivity contribution in [1.29, 1.82) is 0 Å². The highest BCUT2D eigenvalue weighted by Gasteiger charge is 2.08. The van der Waals surface area contributed by atoms with Crippen LogP contribution in [0.2, 0.25) is 0 Å². The lowest BCUT2D eigenvalue weighted by Gasteiger charge is -2.06. The van der Waals surface area contributed by atoms with E-state index >= 15 is 0 Å². The molecular weight excluding hydrogens is 392 g/mol. The van der Waals surface area contributed by atoms with Crippen LogP contribution >= 0.6 is 11.3 Å². The maximum absolute atomic E-state index is 12.3. The minimum Gasteiger partial charge on any atom is -0.342 e. The van der Waals surface area contributed by atoms with Crippen molar-refractivity contribution in [2.24, 2.45) is 0 Å². The van der Waals surface area contributed by atoms with E-state index in [0.717, 1.165) is 39.5 Å². The minimum absolute atomic E-state index is 0.0191. The van der Waals surface area contributed by atoms with E-state index in [0.29, 0.717) is 12.8 Å². The number of nitrogens with zero attached hydrogens (tertiary/aromatic N) is 2. The fourth-order valence-corrected chi connectivity index (χ4v) is 4.46. The summed E-state index contributed by atoms with van der Waals surface area (Å²) in [4.78, 5) is 24.8. The number of nitrogens with one attached hydrogen (secondary N) is 2. The van der Waals surface area contributed by atoms with Gasteiger partial charge >= 0.3 is 0 Å². The SMILES string of the molecule is O=C(CCc1nc2ccccc2[nH]1)Nc1ccc(Cc2nc3ccccc3s2)cc1. The summed E-state index contributed by atoms with van der Waals surface area (Å²) in [7, 11) is 0. The van der Waals surface area contributed by atoms with Crippen molar-refractivity contribution in [3.05, 3.63) is 89.2 Å². The molecule has 2 aromatic heterocycles. The molecule has 1 amide bonds. The van der Waals surface area contributed by atoms with Gasteiger partial charge in [-0.1, -0.05) is 36.4 Å². The number of fused-ring (bicyclic) bond motifs is 2. The van der Waals surface area contributed by atoms with Crippen LogP contribution in [0, 0.1) is 0 Å². The number of anilines is 1. The lowest BCUT2D eigenvalue weighted by Crippen LogP contribution is -2.12. The molecule has 0 radical (unpaired) electrons. The molecule has 0 aliphatic carbocycles. The molecule has 2 N–H and O–H groups in total. The minimum atomic E-state index is -0.0191. The van der Waals surface area contributed by atoms with E-state index in [1.165, 1.54) is 10.3 Å². The van der Waals surface area contributed by atoms with Crippen molar-refractivity contribution >= 4 is 44.2 Å². The molecule has 0 aliphatic rings. The molecule has 148 valence electrons. The Balaban J connectivity index is 1.17.